The highest BCUT2D eigenvalue weighted by atomic mass is 16.5. The average Bonchev–Trinajstić information content (AvgIpc) is 3.10. The summed E-state index contributed by atoms with van der Waals surface area (Å²) in [6, 6.07) is 15.7. The molecule has 0 radical (unpaired) electrons. The number of methoxy groups -OCH3 is 1. The number of aliphatic imine (C=N–C) groups is 1. The normalized spacial score (nSPS) is 13.4. The lowest BCUT2D eigenvalue weighted by Gasteiger charge is -2.15. The van der Waals surface area contributed by atoms with Gasteiger partial charge in [0.15, 0.2) is 5.96 Å². The molecule has 0 unspecified atom stereocenters. The van der Waals surface area contributed by atoms with Crippen LogP contribution in [0.4, 0.5) is 5.69 Å². The van der Waals surface area contributed by atoms with Crippen LogP contribution in [-0.2, 0) is 17.9 Å². The Morgan fingerprint density at radius 1 is 1.15 bits per heavy atom. The number of amides is 1. The molecule has 1 aliphatic rings. The van der Waals surface area contributed by atoms with Gasteiger partial charge in [-0.15, -0.1) is 0 Å². The number of anilines is 1. The molecule has 3 N–H and O–H groups in total. The molecule has 0 aliphatic carbocycles. The van der Waals surface area contributed by atoms with E-state index in [4.69, 9.17) is 10.5 Å². The van der Waals surface area contributed by atoms with Gasteiger partial charge in [-0.3, -0.25) is 9.79 Å². The van der Waals surface area contributed by atoms with Crippen molar-refractivity contribution in [3.05, 3.63) is 59.7 Å². The number of hydrogen-bond acceptors (Lipinski definition) is 3. The van der Waals surface area contributed by atoms with Crippen molar-refractivity contribution in [3.63, 3.8) is 0 Å². The Morgan fingerprint density at radius 3 is 2.50 bits per heavy atom. The lowest BCUT2D eigenvalue weighted by Crippen LogP contribution is -2.25. The molecule has 3 rings (SSSR count). The van der Waals surface area contributed by atoms with Crippen LogP contribution in [0.15, 0.2) is 53.5 Å². The third kappa shape index (κ3) is 4.33. The molecule has 0 atom stereocenters. The standard InChI is InChI=1S/C20H24N4O2/c1-26-18-10-5-4-9-17(18)23-20(21)22-12-6-11-19(25)24-13-15-7-2-3-8-16(15)14-24/h2-5,7-10H,6,11-14H2,1H3,(H3,21,22,23). The minimum Gasteiger partial charge on any atom is -0.495 e. The topological polar surface area (TPSA) is 80.0 Å². The van der Waals surface area contributed by atoms with Gasteiger partial charge in [-0.25, -0.2) is 0 Å². The number of carbonyl (C=O) groups is 1. The summed E-state index contributed by atoms with van der Waals surface area (Å²) in [6.07, 6.45) is 1.14. The van der Waals surface area contributed by atoms with E-state index in [1.807, 2.05) is 41.3 Å². The van der Waals surface area contributed by atoms with Crippen LogP contribution in [-0.4, -0.2) is 30.4 Å². The zero-order chi connectivity index (χ0) is 18.4. The first-order chi connectivity index (χ1) is 12.7. The third-order valence-corrected chi connectivity index (χ3v) is 4.39. The second-order valence-corrected chi connectivity index (χ2v) is 6.21. The molecule has 0 aromatic heterocycles. The number of fused-ring (bicyclic) bond motifs is 1. The van der Waals surface area contributed by atoms with E-state index in [-0.39, 0.29) is 5.91 Å². The van der Waals surface area contributed by atoms with E-state index in [1.165, 1.54) is 11.1 Å². The molecule has 1 aliphatic heterocycles. The number of benzene rings is 2. The molecule has 2 aromatic carbocycles. The molecule has 0 bridgehead atoms. The molecule has 1 heterocycles. The number of guanidine groups is 1. The Morgan fingerprint density at radius 2 is 1.81 bits per heavy atom. The molecule has 2 aromatic rings. The molecule has 6 nitrogen and oxygen atoms in total. The minimum absolute atomic E-state index is 0.160. The smallest absolute Gasteiger partial charge is 0.223 e. The molecule has 1 amide bonds. The number of rotatable bonds is 6. The first-order valence-corrected chi connectivity index (χ1v) is 8.72. The van der Waals surface area contributed by atoms with E-state index >= 15 is 0 Å². The zero-order valence-electron chi connectivity index (χ0n) is 14.9. The van der Waals surface area contributed by atoms with Gasteiger partial charge in [0.05, 0.1) is 12.8 Å². The lowest BCUT2D eigenvalue weighted by molar-refractivity contribution is -0.131. The first kappa shape index (κ1) is 17.8. The van der Waals surface area contributed by atoms with Crippen LogP contribution in [0.5, 0.6) is 5.75 Å². The Labute approximate surface area is 153 Å². The molecule has 0 saturated heterocycles. The maximum Gasteiger partial charge on any atom is 0.223 e. The maximum atomic E-state index is 12.3. The highest BCUT2D eigenvalue weighted by Gasteiger charge is 2.22. The number of nitrogens with zero attached hydrogens (tertiary/aromatic N) is 2. The van der Waals surface area contributed by atoms with E-state index in [9.17, 15) is 4.79 Å². The van der Waals surface area contributed by atoms with Crippen LogP contribution in [0.3, 0.4) is 0 Å². The van der Waals surface area contributed by atoms with Crippen molar-refractivity contribution in [2.24, 2.45) is 10.7 Å². The fourth-order valence-electron chi connectivity index (χ4n) is 3.02. The van der Waals surface area contributed by atoms with Gasteiger partial charge < -0.3 is 20.7 Å². The molecule has 0 spiro atoms. The van der Waals surface area contributed by atoms with Crippen molar-refractivity contribution in [1.82, 2.24) is 4.90 Å². The van der Waals surface area contributed by atoms with Gasteiger partial charge >= 0.3 is 0 Å². The van der Waals surface area contributed by atoms with E-state index in [2.05, 4.69) is 22.4 Å². The van der Waals surface area contributed by atoms with Crippen LogP contribution in [0, 0.1) is 0 Å². The highest BCUT2D eigenvalue weighted by molar-refractivity contribution is 5.93. The van der Waals surface area contributed by atoms with Crippen LogP contribution in [0.25, 0.3) is 0 Å². The predicted octanol–water partition coefficient (Wildman–Crippen LogP) is 2.74. The fourth-order valence-corrected chi connectivity index (χ4v) is 3.02. The van der Waals surface area contributed by atoms with Crippen molar-refractivity contribution >= 4 is 17.6 Å². The summed E-state index contributed by atoms with van der Waals surface area (Å²) in [4.78, 5) is 18.5. The van der Waals surface area contributed by atoms with Crippen molar-refractivity contribution in [1.29, 1.82) is 0 Å². The number of ether oxygens (including phenoxy) is 1. The number of para-hydroxylation sites is 2. The Kier molecular flexibility index (Phi) is 5.73. The Balaban J connectivity index is 1.43. The number of nitrogens with one attached hydrogen (secondary N) is 1. The Bertz CT molecular complexity index is 779. The fraction of sp³-hybridized carbons (Fsp3) is 0.300. The minimum atomic E-state index is 0.160. The largest absolute Gasteiger partial charge is 0.495 e. The van der Waals surface area contributed by atoms with Crippen LogP contribution >= 0.6 is 0 Å². The summed E-state index contributed by atoms with van der Waals surface area (Å²) in [7, 11) is 1.61. The SMILES string of the molecule is COc1ccccc1NC(N)=NCCCC(=O)N1Cc2ccccc2C1. The second-order valence-electron chi connectivity index (χ2n) is 6.21. The van der Waals surface area contributed by atoms with Gasteiger partial charge in [0.2, 0.25) is 5.91 Å². The van der Waals surface area contributed by atoms with Crippen molar-refractivity contribution in [2.75, 3.05) is 19.0 Å². The first-order valence-electron chi connectivity index (χ1n) is 8.72. The molecular formula is C20H24N4O2. The van der Waals surface area contributed by atoms with Crippen LogP contribution in [0.2, 0.25) is 0 Å². The molecule has 0 saturated carbocycles. The molecule has 0 fully saturated rings. The summed E-state index contributed by atoms with van der Waals surface area (Å²) < 4.78 is 5.26. The monoisotopic (exact) mass is 352 g/mol. The van der Waals surface area contributed by atoms with Gasteiger partial charge in [0.1, 0.15) is 5.75 Å². The average molecular weight is 352 g/mol. The third-order valence-electron chi connectivity index (χ3n) is 4.39. The number of nitrogens with two attached hydrogens (primary N) is 1. The van der Waals surface area contributed by atoms with E-state index in [1.54, 1.807) is 7.11 Å². The van der Waals surface area contributed by atoms with Gasteiger partial charge in [-0.2, -0.15) is 0 Å². The summed E-state index contributed by atoms with van der Waals surface area (Å²) in [5.74, 6) is 1.18. The lowest BCUT2D eigenvalue weighted by atomic mass is 10.1. The van der Waals surface area contributed by atoms with Gasteiger partial charge in [-0.1, -0.05) is 36.4 Å². The Hall–Kier alpha value is -3.02. The molecular weight excluding hydrogens is 328 g/mol. The second kappa shape index (κ2) is 8.38. The van der Waals surface area contributed by atoms with Crippen molar-refractivity contribution in [2.45, 2.75) is 25.9 Å². The maximum absolute atomic E-state index is 12.3. The van der Waals surface area contributed by atoms with E-state index in [0.29, 0.717) is 44.2 Å². The molecule has 136 valence electrons. The quantitative estimate of drug-likeness (QED) is 0.476. The number of carbonyl (C=O) groups excluding carboxylic acids is 1. The van der Waals surface area contributed by atoms with E-state index in [0.717, 1.165) is 5.69 Å². The summed E-state index contributed by atoms with van der Waals surface area (Å²) in [6.45, 7) is 1.91. The van der Waals surface area contributed by atoms with Gasteiger partial charge in [-0.05, 0) is 29.7 Å². The summed E-state index contributed by atoms with van der Waals surface area (Å²) in [5.41, 5.74) is 9.16. The zero-order valence-corrected chi connectivity index (χ0v) is 14.9. The molecule has 6 heteroatoms. The van der Waals surface area contributed by atoms with Crippen LogP contribution < -0.4 is 15.8 Å². The van der Waals surface area contributed by atoms with Gasteiger partial charge in [0, 0.05) is 26.1 Å². The summed E-state index contributed by atoms with van der Waals surface area (Å²) >= 11 is 0. The highest BCUT2D eigenvalue weighted by Crippen LogP contribution is 2.23. The van der Waals surface area contributed by atoms with E-state index < -0.39 is 0 Å². The van der Waals surface area contributed by atoms with Crippen molar-refractivity contribution in [3.8, 4) is 5.75 Å². The van der Waals surface area contributed by atoms with Gasteiger partial charge in [0.25, 0.3) is 0 Å². The van der Waals surface area contributed by atoms with Crippen molar-refractivity contribution < 1.29 is 9.53 Å². The van der Waals surface area contributed by atoms with Crippen LogP contribution in [0.1, 0.15) is 24.0 Å². The summed E-state index contributed by atoms with van der Waals surface area (Å²) in [5, 5.41) is 3.02. The predicted molar refractivity (Wildman–Crippen MR) is 103 cm³/mol. The number of hydrogen-bond donors (Lipinski definition) is 2. The molecule has 26 heavy (non-hydrogen) atoms.